The summed E-state index contributed by atoms with van der Waals surface area (Å²) in [6.45, 7) is 0. The van der Waals surface area contributed by atoms with Crippen molar-refractivity contribution in [2.24, 2.45) is 0 Å². The van der Waals surface area contributed by atoms with Crippen molar-refractivity contribution in [2.45, 2.75) is 29.7 Å². The molecule has 0 aromatic carbocycles. The van der Waals surface area contributed by atoms with Gasteiger partial charge in [0.05, 0.1) is 0 Å². The lowest BCUT2D eigenvalue weighted by molar-refractivity contribution is 2.50. The first-order chi connectivity index (χ1) is 1.00. The Balaban J connectivity index is -0.000000000500. The molecule has 0 aromatic rings. The Bertz CT molecular complexity index is 6.90. The zero-order valence-electron chi connectivity index (χ0n) is 2.00. The lowest BCUT2D eigenvalue weighted by Gasteiger charge is -0.0786. The molecule has 0 bridgehead atoms. The summed E-state index contributed by atoms with van der Waals surface area (Å²) in [7, 11) is 0. The maximum absolute atomic E-state index is 5.00. The monoisotopic (exact) mass is 73.2 g/mol. The van der Waals surface area contributed by atoms with Gasteiger partial charge in [-0.1, -0.05) is 29.7 Å². The van der Waals surface area contributed by atoms with E-state index in [0.717, 1.165) is 0 Å². The van der Waals surface area contributed by atoms with Crippen LogP contribution in [-0.2, 0) is 0 Å². The average molecular weight is 73.2 g/mol. The molecule has 4 heavy (non-hydrogen) atoms. The fraction of sp³-hybridized carbons (Fsp3) is 1.00. The number of hydrogen-bond donors (Lipinski definition) is 0. The Kier molecular flexibility index (Phi) is 0. The molecule has 0 heteroatoms. The topological polar surface area (TPSA) is 0 Å². The maximum atomic E-state index is 5.00. The van der Waals surface area contributed by atoms with E-state index in [1.54, 1.807) is 0 Å². The molecule has 0 heterocycles. The van der Waals surface area contributed by atoms with E-state index in [1.165, 1.54) is 0 Å². The van der Waals surface area contributed by atoms with Gasteiger partial charge < -0.3 is 0 Å². The molecule has 0 spiro atoms. The number of rotatable bonds is 0. The highest BCUT2D eigenvalue weighted by Crippen LogP contribution is 0.147. The number of hydrogen-bond acceptors (Lipinski definition) is 0. The van der Waals surface area contributed by atoms with Gasteiger partial charge in [-0.05, 0) is 0 Å². The Labute approximate surface area is 35.4 Å². The molecule has 0 radical (unpaired) electrons. The average Bonchev–Trinajstić information content (AvgIpc) is 1.00. The van der Waals surface area contributed by atoms with E-state index < -0.39 is 0 Å². The lowest BCUT2D eigenvalue weighted by Crippen LogP contribution is 0.143. The Hall–Kier alpha value is 0. The summed E-state index contributed by atoms with van der Waals surface area (Å²) < 4.78 is 10.0. The third kappa shape index (κ3) is 0. The lowest BCUT2D eigenvalue weighted by atomic mass is 12.0. The van der Waals surface area contributed by atoms with Crippen LogP contribution in [0, 0.1) is 0 Å². The van der Waals surface area contributed by atoms with Crippen LogP contribution in [0.25, 0.3) is 0 Å². The van der Waals surface area contributed by atoms with Gasteiger partial charge in [-0.2, -0.15) is 0 Å². The van der Waals surface area contributed by atoms with Crippen molar-refractivity contribution in [3.8, 4) is 0 Å². The summed E-state index contributed by atoms with van der Waals surface area (Å²) >= 11 is 0. The summed E-state index contributed by atoms with van der Waals surface area (Å²) in [5, 5.41) is 0. The second-order valence-electron chi connectivity index (χ2n) is 0. The second-order valence-corrected chi connectivity index (χ2v) is 0. The molecular weight excluding hydrogens is 48.0 g/mol. The minimum Gasteiger partial charge on any atom is -0.0776 e. The van der Waals surface area contributed by atoms with E-state index in [0.29, 0.717) is 0 Å². The van der Waals surface area contributed by atoms with E-state index in [9.17, 15) is 0 Å². The third-order valence-corrected chi connectivity index (χ3v) is 0. The molecule has 0 saturated carbocycles. The molecule has 0 amide bonds. The van der Waals surface area contributed by atoms with Crippen molar-refractivity contribution >= 4 is 0 Å². The first kappa shape index (κ1) is 36.0. The maximum Gasteiger partial charge on any atom is 0 e. The van der Waals surface area contributed by atoms with E-state index in [-0.39, 0.29) is 31.1 Å². The van der Waals surface area contributed by atoms with Gasteiger partial charge >= 0.3 is 0 Å². The van der Waals surface area contributed by atoms with Crippen LogP contribution in [0.3, 0.4) is 0 Å². The van der Waals surface area contributed by atoms with Gasteiger partial charge in [0, 0.05) is 4.40 Å². The molecule has 0 aromatic heterocycles. The van der Waals surface area contributed by atoms with E-state index in [1.807, 2.05) is 0 Å². The highest BCUT2D eigenvalue weighted by Gasteiger charge is -0.0746. The highest BCUT2D eigenvalue weighted by atomic mass is 12.0. The van der Waals surface area contributed by atoms with E-state index in [2.05, 4.69) is 0 Å². The molecule has 0 aliphatic rings. The van der Waals surface area contributed by atoms with Crippen molar-refractivity contribution in [3.05, 3.63) is 0 Å². The third-order valence-electron chi connectivity index (χ3n) is 0. The summed E-state index contributed by atoms with van der Waals surface area (Å²) in [4.78, 5) is 0. The van der Waals surface area contributed by atoms with Crippen LogP contribution >= 0.6 is 0 Å². The van der Waals surface area contributed by atoms with Gasteiger partial charge in [0.15, 0.2) is 0 Å². The molecule has 0 rings (SSSR count). The quantitative estimate of drug-likeness (QED) is 0.413. The van der Waals surface area contributed by atoms with Gasteiger partial charge in [-0.25, -0.2) is 0 Å². The van der Waals surface area contributed by atoms with Crippen LogP contribution in [0.2, 0.25) is 0 Å². The summed E-state index contributed by atoms with van der Waals surface area (Å²) in [6.07, 6.45) is 0. The standard InChI is InChI=1S/4CH4.2H2/h4*1H4;2*1H/i;;;;1+2D;1+2. The van der Waals surface area contributed by atoms with Gasteiger partial charge in [0.1, 0.15) is 0 Å². The zero-order valence-corrected chi connectivity index (χ0v) is 0. The van der Waals surface area contributed by atoms with Crippen molar-refractivity contribution in [3.63, 3.8) is 0 Å². The first-order valence-corrected chi connectivity index (χ1v) is 0. The predicted molar refractivity (Wildman–Crippen MR) is 31.2 cm³/mol. The smallest absolute Gasteiger partial charge is 0 e. The Morgan fingerprint density at radius 2 is 1.00 bits per heavy atom. The van der Waals surface area contributed by atoms with Gasteiger partial charge in [0.2, 0.25) is 0 Å². The molecule has 0 N–H and O–H groups in total. The molecule has 0 nitrogen and oxygen atoms in total. The van der Waals surface area contributed by atoms with E-state index >= 15 is 0 Å². The molecule has 0 fully saturated rings. The Morgan fingerprint density at radius 3 is 1.00 bits per heavy atom. The summed E-state index contributed by atoms with van der Waals surface area (Å²) in [5.74, 6) is 0. The van der Waals surface area contributed by atoms with Crippen molar-refractivity contribution in [2.75, 3.05) is 0 Å². The van der Waals surface area contributed by atoms with Crippen LogP contribution in [0.1, 0.15) is 34.1 Å². The van der Waals surface area contributed by atoms with Crippen molar-refractivity contribution in [1.29, 1.82) is 0 Å². The molecule has 0 saturated heterocycles. The molecule has 36 valence electrons. The summed E-state index contributed by atoms with van der Waals surface area (Å²) in [5.41, 5.74) is 0. The van der Waals surface area contributed by atoms with Crippen LogP contribution in [-0.4, -0.2) is 0 Å². The van der Waals surface area contributed by atoms with Crippen LogP contribution in [0.4, 0.5) is 0 Å². The SMILES string of the molecule is C.C.C.C.[2H][3H].[3HH]. The van der Waals surface area contributed by atoms with Crippen LogP contribution in [0.5, 0.6) is 0 Å². The summed E-state index contributed by atoms with van der Waals surface area (Å²) in [6, 6.07) is 0. The van der Waals surface area contributed by atoms with E-state index in [4.69, 9.17) is 2.97 Å². The van der Waals surface area contributed by atoms with Crippen molar-refractivity contribution in [1.82, 2.24) is 0 Å². The van der Waals surface area contributed by atoms with Crippen molar-refractivity contribution < 1.29 is 4.40 Å². The van der Waals surface area contributed by atoms with Gasteiger partial charge in [-0.3, -0.25) is 0 Å². The first-order valence-electron chi connectivity index (χ1n) is 1.00. The molecular formula is C4H20. The van der Waals surface area contributed by atoms with Crippen LogP contribution < -0.4 is 0 Å². The molecule has 0 atom stereocenters. The molecule has 0 aliphatic carbocycles. The fourth-order valence-electron chi connectivity index (χ4n) is 0. The zero-order chi connectivity index (χ0) is 2.00. The molecule has 0 unspecified atom stereocenters. The largest absolute Gasteiger partial charge is 0.0776 e. The van der Waals surface area contributed by atoms with Crippen LogP contribution in [0.15, 0.2) is 0 Å². The fourth-order valence-corrected chi connectivity index (χ4v) is 0. The minimum absolute atomic E-state index is 0. The van der Waals surface area contributed by atoms with Gasteiger partial charge in [-0.15, -0.1) is 0 Å². The molecule has 0 aliphatic heterocycles. The normalized spacial score (nSPS) is 2.00. The predicted octanol–water partition coefficient (Wildman–Crippen LogP) is 3.04. The van der Waals surface area contributed by atoms with Gasteiger partial charge in [0.25, 0.3) is 0 Å². The minimum atomic E-state index is 0. The highest BCUT2D eigenvalue weighted by molar-refractivity contribution is 2.51. The Morgan fingerprint density at radius 1 is 1.00 bits per heavy atom. The second kappa shape index (κ2) is 0.